The lowest BCUT2D eigenvalue weighted by Crippen LogP contribution is -2.41. The van der Waals surface area contributed by atoms with Gasteiger partial charge in [-0.25, -0.2) is 9.89 Å². The number of amides is 2. The first-order valence-corrected chi connectivity index (χ1v) is 11.8. The molecule has 8 heteroatoms. The number of thioether (sulfide) groups is 1. The molecule has 1 unspecified atom stereocenters. The number of amidine groups is 2. The summed E-state index contributed by atoms with van der Waals surface area (Å²) in [5, 5.41) is 3.32. The van der Waals surface area contributed by atoms with Crippen LogP contribution in [0.4, 0.5) is 11.4 Å². The molecule has 2 aliphatic heterocycles. The molecule has 2 amide bonds. The third-order valence-electron chi connectivity index (χ3n) is 5.51. The number of rotatable bonds is 6. The highest BCUT2D eigenvalue weighted by Crippen LogP contribution is 2.34. The van der Waals surface area contributed by atoms with Crippen LogP contribution in [0.25, 0.3) is 0 Å². The van der Waals surface area contributed by atoms with Crippen molar-refractivity contribution < 1.29 is 14.3 Å². The Hall–Kier alpha value is -3.91. The Balaban J connectivity index is 1.35. The number of carbonyl (C=O) groups is 2. The Morgan fingerprint density at radius 1 is 1.06 bits per heavy atom. The zero-order valence-electron chi connectivity index (χ0n) is 18.5. The normalized spacial score (nSPS) is 16.3. The molecular weight excluding hydrogens is 448 g/mol. The van der Waals surface area contributed by atoms with Crippen molar-refractivity contribution in [2.45, 2.75) is 12.5 Å². The van der Waals surface area contributed by atoms with E-state index >= 15 is 0 Å². The maximum atomic E-state index is 13.4. The largest absolute Gasteiger partial charge is 0.497 e. The van der Waals surface area contributed by atoms with Crippen molar-refractivity contribution in [1.82, 2.24) is 4.90 Å². The number of aliphatic imine (C=N–C) groups is 2. The Kier molecular flexibility index (Phi) is 6.14. The molecule has 0 saturated heterocycles. The molecule has 0 radical (unpaired) electrons. The fourth-order valence-corrected chi connectivity index (χ4v) is 4.70. The lowest BCUT2D eigenvalue weighted by atomic mass is 10.1. The minimum absolute atomic E-state index is 0.0959. The van der Waals surface area contributed by atoms with Gasteiger partial charge >= 0.3 is 0 Å². The molecule has 0 spiro atoms. The average molecular weight is 471 g/mol. The van der Waals surface area contributed by atoms with Crippen molar-refractivity contribution in [3.63, 3.8) is 0 Å². The van der Waals surface area contributed by atoms with Crippen LogP contribution in [-0.2, 0) is 16.0 Å². The van der Waals surface area contributed by atoms with Crippen LogP contribution in [0, 0.1) is 0 Å². The molecule has 0 bridgehead atoms. The number of nitrogens with one attached hydrogen (secondary N) is 1. The van der Waals surface area contributed by atoms with Gasteiger partial charge in [-0.05, 0) is 29.8 Å². The predicted octanol–water partition coefficient (Wildman–Crippen LogP) is 4.27. The van der Waals surface area contributed by atoms with Crippen molar-refractivity contribution in [1.29, 1.82) is 0 Å². The highest BCUT2D eigenvalue weighted by Gasteiger charge is 2.41. The number of ether oxygens (including phenoxy) is 1. The van der Waals surface area contributed by atoms with Gasteiger partial charge in [0.05, 0.1) is 18.6 Å². The lowest BCUT2D eigenvalue weighted by Gasteiger charge is -2.25. The van der Waals surface area contributed by atoms with Crippen LogP contribution in [0.5, 0.6) is 5.75 Å². The summed E-state index contributed by atoms with van der Waals surface area (Å²) >= 11 is 1.22. The first kappa shape index (κ1) is 21.9. The molecule has 0 aromatic heterocycles. The first-order chi connectivity index (χ1) is 16.6. The maximum Gasteiger partial charge on any atom is 0.259 e. The third kappa shape index (κ3) is 4.45. The Labute approximate surface area is 201 Å². The number of anilines is 1. The van der Waals surface area contributed by atoms with Gasteiger partial charge in [0.15, 0.2) is 5.17 Å². The molecule has 5 rings (SSSR count). The molecular formula is C26H22N4O3S. The van der Waals surface area contributed by atoms with Gasteiger partial charge in [0.25, 0.3) is 5.91 Å². The molecule has 3 aromatic rings. The van der Waals surface area contributed by atoms with E-state index in [0.717, 1.165) is 16.8 Å². The summed E-state index contributed by atoms with van der Waals surface area (Å²) in [4.78, 5) is 37.0. The van der Waals surface area contributed by atoms with E-state index in [2.05, 4.69) is 5.32 Å². The highest BCUT2D eigenvalue weighted by atomic mass is 32.2. The summed E-state index contributed by atoms with van der Waals surface area (Å²) in [6, 6.07) is 24.1. The van der Waals surface area contributed by atoms with Gasteiger partial charge in [-0.1, -0.05) is 60.3 Å². The summed E-state index contributed by atoms with van der Waals surface area (Å²) in [5.74, 6) is 1.01. The number of methoxy groups -OCH3 is 1. The number of nitrogens with zero attached hydrogens (tertiary/aromatic N) is 3. The van der Waals surface area contributed by atoms with Crippen molar-refractivity contribution in [2.24, 2.45) is 9.98 Å². The topological polar surface area (TPSA) is 83.4 Å². The van der Waals surface area contributed by atoms with Crippen LogP contribution >= 0.6 is 11.8 Å². The van der Waals surface area contributed by atoms with Crippen LogP contribution in [0.3, 0.4) is 0 Å². The van der Waals surface area contributed by atoms with E-state index in [-0.39, 0.29) is 17.6 Å². The summed E-state index contributed by atoms with van der Waals surface area (Å²) in [5.41, 5.74) is 3.24. The molecule has 0 aliphatic carbocycles. The van der Waals surface area contributed by atoms with E-state index in [0.29, 0.717) is 28.9 Å². The summed E-state index contributed by atoms with van der Waals surface area (Å²) < 4.78 is 5.20. The van der Waals surface area contributed by atoms with E-state index in [1.54, 1.807) is 24.1 Å². The highest BCUT2D eigenvalue weighted by molar-refractivity contribution is 8.14. The number of fused-ring (bicyclic) bond motifs is 3. The van der Waals surface area contributed by atoms with Gasteiger partial charge in [-0.2, -0.15) is 0 Å². The van der Waals surface area contributed by atoms with Gasteiger partial charge in [0, 0.05) is 23.7 Å². The monoisotopic (exact) mass is 470 g/mol. The Morgan fingerprint density at radius 2 is 1.85 bits per heavy atom. The smallest absolute Gasteiger partial charge is 0.259 e. The average Bonchev–Trinajstić information content (AvgIpc) is 3.19. The van der Waals surface area contributed by atoms with Crippen molar-refractivity contribution in [3.05, 3.63) is 90.0 Å². The van der Waals surface area contributed by atoms with E-state index in [1.165, 1.54) is 11.8 Å². The van der Waals surface area contributed by atoms with Crippen molar-refractivity contribution in [3.8, 4) is 5.75 Å². The second kappa shape index (κ2) is 9.52. The van der Waals surface area contributed by atoms with E-state index in [4.69, 9.17) is 14.7 Å². The van der Waals surface area contributed by atoms with Crippen LogP contribution in [-0.4, -0.2) is 46.6 Å². The van der Waals surface area contributed by atoms with Gasteiger partial charge in [-0.3, -0.25) is 14.6 Å². The molecule has 7 nitrogen and oxygen atoms in total. The lowest BCUT2D eigenvalue weighted by molar-refractivity contribution is -0.124. The Morgan fingerprint density at radius 3 is 2.68 bits per heavy atom. The van der Waals surface area contributed by atoms with E-state index in [1.807, 2.05) is 66.7 Å². The fourth-order valence-electron chi connectivity index (χ4n) is 3.90. The fraction of sp³-hybridized carbons (Fsp3) is 0.154. The standard InChI is InChI=1S/C26H22N4O3S/c1-33-19-11-7-10-18(15-19)27-23(31)16-34-26-29-21-13-6-5-12-20(21)24-28-22(25(32)30(24)26)14-17-8-3-2-4-9-17/h2-13,15,22H,14,16H2,1H3,(H,27,31). The minimum atomic E-state index is -0.528. The van der Waals surface area contributed by atoms with Crippen LogP contribution in [0.2, 0.25) is 0 Å². The molecule has 34 heavy (non-hydrogen) atoms. The summed E-state index contributed by atoms with van der Waals surface area (Å²) in [6.07, 6.45) is 0.510. The summed E-state index contributed by atoms with van der Waals surface area (Å²) in [6.45, 7) is 0. The molecule has 170 valence electrons. The van der Waals surface area contributed by atoms with Crippen molar-refractivity contribution >= 4 is 46.0 Å². The number of carbonyl (C=O) groups excluding carboxylic acids is 2. The van der Waals surface area contributed by atoms with Gasteiger partial charge in [0.2, 0.25) is 5.91 Å². The van der Waals surface area contributed by atoms with Crippen LogP contribution < -0.4 is 10.1 Å². The van der Waals surface area contributed by atoms with E-state index < -0.39 is 6.04 Å². The van der Waals surface area contributed by atoms with Crippen LogP contribution in [0.1, 0.15) is 11.1 Å². The number of benzene rings is 3. The van der Waals surface area contributed by atoms with E-state index in [9.17, 15) is 9.59 Å². The second-order valence-electron chi connectivity index (χ2n) is 7.81. The zero-order chi connectivity index (χ0) is 23.5. The molecule has 2 aliphatic rings. The van der Waals surface area contributed by atoms with Crippen molar-refractivity contribution in [2.75, 3.05) is 18.2 Å². The number of hydrogen-bond acceptors (Lipinski definition) is 6. The first-order valence-electron chi connectivity index (χ1n) is 10.8. The minimum Gasteiger partial charge on any atom is -0.497 e. The van der Waals surface area contributed by atoms with Crippen LogP contribution in [0.15, 0.2) is 88.8 Å². The summed E-state index contributed by atoms with van der Waals surface area (Å²) in [7, 11) is 1.58. The maximum absolute atomic E-state index is 13.4. The molecule has 0 fully saturated rings. The third-order valence-corrected chi connectivity index (χ3v) is 6.44. The second-order valence-corrected chi connectivity index (χ2v) is 8.75. The quantitative estimate of drug-likeness (QED) is 0.583. The Bertz CT molecular complexity index is 1310. The SMILES string of the molecule is COc1cccc(NC(=O)CSC2=Nc3ccccc3C3=NC(Cc4ccccc4)C(=O)N23)c1. The van der Waals surface area contributed by atoms with Gasteiger partial charge < -0.3 is 10.1 Å². The zero-order valence-corrected chi connectivity index (χ0v) is 19.3. The number of hydrogen-bond donors (Lipinski definition) is 1. The van der Waals surface area contributed by atoms with Gasteiger partial charge in [-0.15, -0.1) is 0 Å². The van der Waals surface area contributed by atoms with Gasteiger partial charge in [0.1, 0.15) is 17.6 Å². The molecule has 3 aromatic carbocycles. The molecule has 1 atom stereocenters. The molecule has 2 heterocycles. The number of para-hydroxylation sites is 1. The molecule has 1 N–H and O–H groups in total. The predicted molar refractivity (Wildman–Crippen MR) is 135 cm³/mol. The molecule has 0 saturated carbocycles.